The molecule has 2 aliphatic rings. The highest BCUT2D eigenvalue weighted by molar-refractivity contribution is 5.84. The van der Waals surface area contributed by atoms with Crippen LogP contribution in [0.1, 0.15) is 17.7 Å². The number of nitrogens with zero attached hydrogens (tertiary/aromatic N) is 1. The highest BCUT2D eigenvalue weighted by Crippen LogP contribution is 2.34. The molecule has 3 atom stereocenters. The van der Waals surface area contributed by atoms with E-state index in [4.69, 9.17) is 9.15 Å². The average Bonchev–Trinajstić information content (AvgIpc) is 3.38. The second kappa shape index (κ2) is 7.33. The molecular formula is C20H22N2O4. The third-order valence-electron chi connectivity index (χ3n) is 5.17. The van der Waals surface area contributed by atoms with Gasteiger partial charge in [-0.3, -0.25) is 9.59 Å². The number of fused-ring (bicyclic) bond motifs is 1. The summed E-state index contributed by atoms with van der Waals surface area (Å²) >= 11 is 0. The van der Waals surface area contributed by atoms with Crippen molar-refractivity contribution in [2.75, 3.05) is 13.2 Å². The molecule has 1 N–H and O–H groups in total. The van der Waals surface area contributed by atoms with Gasteiger partial charge in [0.1, 0.15) is 5.76 Å². The fourth-order valence-corrected chi connectivity index (χ4v) is 3.88. The van der Waals surface area contributed by atoms with Gasteiger partial charge < -0.3 is 19.4 Å². The van der Waals surface area contributed by atoms with Crippen LogP contribution in [-0.2, 0) is 27.3 Å². The summed E-state index contributed by atoms with van der Waals surface area (Å²) in [6.45, 7) is 1.34. The first kappa shape index (κ1) is 16.8. The predicted molar refractivity (Wildman–Crippen MR) is 94.0 cm³/mol. The van der Waals surface area contributed by atoms with Crippen molar-refractivity contribution >= 4 is 11.8 Å². The van der Waals surface area contributed by atoms with Crippen LogP contribution >= 0.6 is 0 Å². The van der Waals surface area contributed by atoms with Crippen LogP contribution in [0, 0.1) is 5.92 Å². The second-order valence-electron chi connectivity index (χ2n) is 6.80. The van der Waals surface area contributed by atoms with Crippen LogP contribution in [0.15, 0.2) is 53.1 Å². The average molecular weight is 354 g/mol. The third kappa shape index (κ3) is 3.37. The van der Waals surface area contributed by atoms with Gasteiger partial charge in [-0.1, -0.05) is 30.3 Å². The highest BCUT2D eigenvalue weighted by atomic mass is 16.5. The van der Waals surface area contributed by atoms with Gasteiger partial charge in [0.2, 0.25) is 11.8 Å². The number of carbonyl (C=O) groups is 2. The molecular weight excluding hydrogens is 332 g/mol. The number of nitrogens with one attached hydrogen (secondary N) is 1. The van der Waals surface area contributed by atoms with Crippen molar-refractivity contribution < 1.29 is 18.7 Å². The molecule has 1 aromatic heterocycles. The summed E-state index contributed by atoms with van der Waals surface area (Å²) in [6, 6.07) is 13.3. The van der Waals surface area contributed by atoms with Crippen molar-refractivity contribution in [1.29, 1.82) is 0 Å². The zero-order valence-electron chi connectivity index (χ0n) is 14.5. The molecule has 3 heterocycles. The van der Waals surface area contributed by atoms with Gasteiger partial charge in [0, 0.05) is 13.2 Å². The third-order valence-corrected chi connectivity index (χ3v) is 5.17. The minimum atomic E-state index is -0.336. The largest absolute Gasteiger partial charge is 0.467 e. The van der Waals surface area contributed by atoms with Crippen LogP contribution < -0.4 is 5.32 Å². The summed E-state index contributed by atoms with van der Waals surface area (Å²) in [7, 11) is 0. The number of hydrogen-bond donors (Lipinski definition) is 1. The smallest absolute Gasteiger partial charge is 0.227 e. The van der Waals surface area contributed by atoms with E-state index in [9.17, 15) is 9.59 Å². The predicted octanol–water partition coefficient (Wildman–Crippen LogP) is 1.75. The number of furan rings is 1. The second-order valence-corrected chi connectivity index (χ2v) is 6.80. The van der Waals surface area contributed by atoms with Gasteiger partial charge in [-0.2, -0.15) is 0 Å². The number of carbonyl (C=O) groups excluding carboxylic acids is 2. The van der Waals surface area contributed by atoms with E-state index in [0.717, 1.165) is 12.0 Å². The summed E-state index contributed by atoms with van der Waals surface area (Å²) in [5.74, 6) is 0.334. The molecule has 3 unspecified atom stereocenters. The van der Waals surface area contributed by atoms with Crippen molar-refractivity contribution in [3.8, 4) is 0 Å². The maximum absolute atomic E-state index is 12.8. The number of amides is 2. The SMILES string of the molecule is O=C(NCc1ccco1)C1CN(C(=O)Cc2ccccc2)C2CCOC12. The summed E-state index contributed by atoms with van der Waals surface area (Å²) in [6.07, 6.45) is 2.50. The van der Waals surface area contributed by atoms with Crippen molar-refractivity contribution in [1.82, 2.24) is 10.2 Å². The summed E-state index contributed by atoms with van der Waals surface area (Å²) < 4.78 is 11.0. The Morgan fingerprint density at radius 2 is 2.00 bits per heavy atom. The highest BCUT2D eigenvalue weighted by Gasteiger charge is 2.50. The van der Waals surface area contributed by atoms with Crippen molar-refractivity contribution in [3.63, 3.8) is 0 Å². The van der Waals surface area contributed by atoms with E-state index in [1.807, 2.05) is 41.3 Å². The van der Waals surface area contributed by atoms with E-state index in [1.54, 1.807) is 12.3 Å². The normalized spacial score (nSPS) is 24.5. The molecule has 0 bridgehead atoms. The topological polar surface area (TPSA) is 71.8 Å². The minimum Gasteiger partial charge on any atom is -0.467 e. The van der Waals surface area contributed by atoms with Crippen molar-refractivity contribution in [2.45, 2.75) is 31.5 Å². The first-order valence-corrected chi connectivity index (χ1v) is 8.97. The number of hydrogen-bond acceptors (Lipinski definition) is 4. The Bertz CT molecular complexity index is 759. The Kier molecular flexibility index (Phi) is 4.75. The van der Waals surface area contributed by atoms with E-state index in [2.05, 4.69) is 5.32 Å². The van der Waals surface area contributed by atoms with Gasteiger partial charge in [0.25, 0.3) is 0 Å². The molecule has 2 aromatic rings. The Labute approximate surface area is 152 Å². The zero-order chi connectivity index (χ0) is 17.9. The summed E-state index contributed by atoms with van der Waals surface area (Å²) in [5, 5.41) is 2.90. The van der Waals surface area contributed by atoms with Gasteiger partial charge in [-0.15, -0.1) is 0 Å². The molecule has 0 spiro atoms. The lowest BCUT2D eigenvalue weighted by Gasteiger charge is -2.22. The molecule has 0 saturated carbocycles. The fraction of sp³-hybridized carbons (Fsp3) is 0.400. The number of ether oxygens (including phenoxy) is 1. The van der Waals surface area contributed by atoms with Crippen LogP contribution in [0.4, 0.5) is 0 Å². The van der Waals surface area contributed by atoms with E-state index in [1.165, 1.54) is 0 Å². The van der Waals surface area contributed by atoms with Gasteiger partial charge in [0.05, 0.1) is 37.3 Å². The lowest BCUT2D eigenvalue weighted by atomic mass is 10.0. The molecule has 136 valence electrons. The molecule has 0 aliphatic carbocycles. The molecule has 2 fully saturated rings. The molecule has 4 rings (SSSR count). The molecule has 6 nitrogen and oxygen atoms in total. The van der Waals surface area contributed by atoms with Gasteiger partial charge in [-0.25, -0.2) is 0 Å². The van der Waals surface area contributed by atoms with Gasteiger partial charge >= 0.3 is 0 Å². The van der Waals surface area contributed by atoms with Crippen LogP contribution in [0.25, 0.3) is 0 Å². The number of likely N-dealkylation sites (tertiary alicyclic amines) is 1. The monoisotopic (exact) mass is 354 g/mol. The quantitative estimate of drug-likeness (QED) is 0.888. The summed E-state index contributed by atoms with van der Waals surface area (Å²) in [4.78, 5) is 27.3. The molecule has 26 heavy (non-hydrogen) atoms. The van der Waals surface area contributed by atoms with E-state index < -0.39 is 0 Å². The lowest BCUT2D eigenvalue weighted by molar-refractivity contribution is -0.131. The Balaban J connectivity index is 1.41. The zero-order valence-corrected chi connectivity index (χ0v) is 14.5. The van der Waals surface area contributed by atoms with Crippen molar-refractivity contribution in [3.05, 3.63) is 60.1 Å². The van der Waals surface area contributed by atoms with Crippen LogP contribution in [0.2, 0.25) is 0 Å². The van der Waals surface area contributed by atoms with Gasteiger partial charge in [-0.05, 0) is 24.1 Å². The first-order valence-electron chi connectivity index (χ1n) is 8.97. The van der Waals surface area contributed by atoms with Crippen LogP contribution in [0.5, 0.6) is 0 Å². The molecule has 1 aromatic carbocycles. The summed E-state index contributed by atoms with van der Waals surface area (Å²) in [5.41, 5.74) is 0.985. The van der Waals surface area contributed by atoms with E-state index in [-0.39, 0.29) is 29.9 Å². The number of benzene rings is 1. The standard InChI is InChI=1S/C20H22N2O4/c23-18(11-14-5-2-1-3-6-14)22-13-16(19-17(22)8-10-26-19)20(24)21-12-15-7-4-9-25-15/h1-7,9,16-17,19H,8,10-13H2,(H,21,24). The van der Waals surface area contributed by atoms with Crippen LogP contribution in [0.3, 0.4) is 0 Å². The molecule has 0 radical (unpaired) electrons. The van der Waals surface area contributed by atoms with Crippen LogP contribution in [-0.4, -0.2) is 42.0 Å². The van der Waals surface area contributed by atoms with Crippen molar-refractivity contribution in [2.24, 2.45) is 5.92 Å². The fourth-order valence-electron chi connectivity index (χ4n) is 3.88. The Morgan fingerprint density at radius 3 is 2.77 bits per heavy atom. The Hall–Kier alpha value is -2.60. The molecule has 2 aliphatic heterocycles. The molecule has 2 amide bonds. The lowest BCUT2D eigenvalue weighted by Crippen LogP contribution is -2.38. The maximum atomic E-state index is 12.8. The maximum Gasteiger partial charge on any atom is 0.227 e. The van der Waals surface area contributed by atoms with E-state index >= 15 is 0 Å². The van der Waals surface area contributed by atoms with E-state index in [0.29, 0.717) is 31.9 Å². The van der Waals surface area contributed by atoms with Gasteiger partial charge in [0.15, 0.2) is 0 Å². The molecule has 2 saturated heterocycles. The molecule has 6 heteroatoms. The Morgan fingerprint density at radius 1 is 1.15 bits per heavy atom. The first-order chi connectivity index (χ1) is 12.7. The number of rotatable bonds is 5. The minimum absolute atomic E-state index is 0.00873.